The largest absolute Gasteiger partial charge is 0.396 e. The lowest BCUT2D eigenvalue weighted by Crippen LogP contribution is -2.07. The molecule has 0 amide bonds. The number of anilines is 2. The molecule has 0 aliphatic carbocycles. The molecule has 0 aliphatic rings. The van der Waals surface area contributed by atoms with E-state index in [1.165, 1.54) is 0 Å². The lowest BCUT2D eigenvalue weighted by molar-refractivity contribution is 0.103. The van der Waals surface area contributed by atoms with Crippen molar-refractivity contribution in [1.29, 1.82) is 0 Å². The zero-order valence-corrected chi connectivity index (χ0v) is 9.74. The maximum absolute atomic E-state index is 12.2. The smallest absolute Gasteiger partial charge is 0.195 e. The third-order valence-corrected chi connectivity index (χ3v) is 2.84. The number of nitrogen functional groups attached to an aromatic ring is 2. The van der Waals surface area contributed by atoms with E-state index in [1.54, 1.807) is 36.4 Å². The Balaban J connectivity index is 2.49. The van der Waals surface area contributed by atoms with Crippen LogP contribution in [0.4, 0.5) is 11.4 Å². The molecule has 3 nitrogen and oxygen atoms in total. The highest BCUT2D eigenvalue weighted by molar-refractivity contribution is 6.34. The van der Waals surface area contributed by atoms with Crippen LogP contribution in [0.25, 0.3) is 0 Å². The highest BCUT2D eigenvalue weighted by Crippen LogP contribution is 2.29. The van der Waals surface area contributed by atoms with Gasteiger partial charge >= 0.3 is 0 Å². The van der Waals surface area contributed by atoms with Crippen molar-refractivity contribution in [3.63, 3.8) is 0 Å². The highest BCUT2D eigenvalue weighted by atomic mass is 35.5. The molecule has 0 unspecified atom stereocenters. The summed E-state index contributed by atoms with van der Waals surface area (Å²) in [7, 11) is 0. The van der Waals surface area contributed by atoms with Gasteiger partial charge < -0.3 is 11.5 Å². The Hall–Kier alpha value is -2.00. The Kier molecular flexibility index (Phi) is 3.02. The van der Waals surface area contributed by atoms with Crippen LogP contribution in [0, 0.1) is 0 Å². The number of hydrogen-bond acceptors (Lipinski definition) is 3. The Morgan fingerprint density at radius 1 is 0.941 bits per heavy atom. The van der Waals surface area contributed by atoms with Gasteiger partial charge in [-0.2, -0.15) is 0 Å². The van der Waals surface area contributed by atoms with Crippen LogP contribution < -0.4 is 11.5 Å². The summed E-state index contributed by atoms with van der Waals surface area (Å²) in [5.74, 6) is -0.161. The average molecular weight is 247 g/mol. The number of hydrogen-bond donors (Lipinski definition) is 2. The Morgan fingerprint density at radius 3 is 2.24 bits per heavy atom. The minimum atomic E-state index is -0.161. The molecule has 0 spiro atoms. The number of nitrogens with two attached hydrogens (primary N) is 2. The third-order valence-electron chi connectivity index (χ3n) is 2.51. The molecule has 0 atom stereocenters. The van der Waals surface area contributed by atoms with Gasteiger partial charge in [0, 0.05) is 11.1 Å². The summed E-state index contributed by atoms with van der Waals surface area (Å²) in [5.41, 5.74) is 12.9. The number of carbonyl (C=O) groups is 1. The van der Waals surface area contributed by atoms with E-state index < -0.39 is 0 Å². The summed E-state index contributed by atoms with van der Waals surface area (Å²) in [4.78, 5) is 12.2. The van der Waals surface area contributed by atoms with E-state index in [0.29, 0.717) is 16.1 Å². The number of benzene rings is 2. The minimum Gasteiger partial charge on any atom is -0.396 e. The van der Waals surface area contributed by atoms with Gasteiger partial charge in [-0.1, -0.05) is 41.9 Å². The lowest BCUT2D eigenvalue weighted by Gasteiger charge is -2.08. The van der Waals surface area contributed by atoms with Gasteiger partial charge in [-0.15, -0.1) is 0 Å². The van der Waals surface area contributed by atoms with Crippen molar-refractivity contribution >= 4 is 28.8 Å². The van der Waals surface area contributed by atoms with Crippen LogP contribution in [0.1, 0.15) is 15.9 Å². The van der Waals surface area contributed by atoms with Crippen LogP contribution in [-0.2, 0) is 0 Å². The van der Waals surface area contributed by atoms with Gasteiger partial charge in [0.25, 0.3) is 0 Å². The number of halogens is 1. The van der Waals surface area contributed by atoms with Crippen molar-refractivity contribution in [3.8, 4) is 0 Å². The minimum absolute atomic E-state index is 0.161. The topological polar surface area (TPSA) is 69.1 Å². The van der Waals surface area contributed by atoms with Crippen molar-refractivity contribution in [2.24, 2.45) is 0 Å². The zero-order chi connectivity index (χ0) is 12.4. The Bertz CT molecular complexity index is 567. The van der Waals surface area contributed by atoms with Gasteiger partial charge in [-0.3, -0.25) is 4.79 Å². The molecule has 0 aliphatic heterocycles. The molecule has 2 aromatic carbocycles. The quantitative estimate of drug-likeness (QED) is 0.632. The molecule has 0 fully saturated rings. The summed E-state index contributed by atoms with van der Waals surface area (Å²) in [6.45, 7) is 0. The second-order valence-corrected chi connectivity index (χ2v) is 4.02. The molecule has 0 heterocycles. The standard InChI is InChI=1S/C13H11ClN2O/c14-10-7-6-9(11(15)12(10)16)13(17)8-4-2-1-3-5-8/h1-7H,15-16H2. The highest BCUT2D eigenvalue weighted by Gasteiger charge is 2.14. The Morgan fingerprint density at radius 2 is 1.59 bits per heavy atom. The van der Waals surface area contributed by atoms with Crippen LogP contribution in [0.3, 0.4) is 0 Å². The molecule has 2 aromatic rings. The molecule has 0 saturated heterocycles. The van der Waals surface area contributed by atoms with E-state index in [2.05, 4.69) is 0 Å². The first-order valence-corrected chi connectivity index (χ1v) is 5.42. The van der Waals surface area contributed by atoms with E-state index >= 15 is 0 Å². The van der Waals surface area contributed by atoms with Crippen molar-refractivity contribution in [1.82, 2.24) is 0 Å². The maximum Gasteiger partial charge on any atom is 0.195 e. The van der Waals surface area contributed by atoms with E-state index in [0.717, 1.165) is 0 Å². The molecular weight excluding hydrogens is 236 g/mol. The van der Waals surface area contributed by atoms with Crippen molar-refractivity contribution < 1.29 is 4.79 Å². The fourth-order valence-corrected chi connectivity index (χ4v) is 1.72. The molecule has 4 N–H and O–H groups in total. The second-order valence-electron chi connectivity index (χ2n) is 3.62. The molecule has 0 aromatic heterocycles. The second kappa shape index (κ2) is 4.47. The van der Waals surface area contributed by atoms with Crippen molar-refractivity contribution in [3.05, 3.63) is 58.6 Å². The normalized spacial score (nSPS) is 10.2. The number of carbonyl (C=O) groups excluding carboxylic acids is 1. The van der Waals surface area contributed by atoms with Crippen LogP contribution >= 0.6 is 11.6 Å². The first-order chi connectivity index (χ1) is 8.11. The predicted molar refractivity (Wildman–Crippen MR) is 70.2 cm³/mol. The summed E-state index contributed by atoms with van der Waals surface area (Å²) in [6, 6.07) is 12.0. The first-order valence-electron chi connectivity index (χ1n) is 5.04. The van der Waals surface area contributed by atoms with Crippen LogP contribution in [0.15, 0.2) is 42.5 Å². The number of rotatable bonds is 2. The average Bonchev–Trinajstić information content (AvgIpc) is 2.36. The van der Waals surface area contributed by atoms with Gasteiger partial charge in [0.2, 0.25) is 0 Å². The molecule has 2 rings (SSSR count). The van der Waals surface area contributed by atoms with E-state index in [1.807, 2.05) is 6.07 Å². The van der Waals surface area contributed by atoms with Crippen molar-refractivity contribution in [2.45, 2.75) is 0 Å². The van der Waals surface area contributed by atoms with Gasteiger partial charge in [-0.25, -0.2) is 0 Å². The molecule has 86 valence electrons. The first kappa shape index (κ1) is 11.5. The number of ketones is 1. The summed E-state index contributed by atoms with van der Waals surface area (Å²) >= 11 is 5.82. The molecule has 0 bridgehead atoms. The fraction of sp³-hybridized carbons (Fsp3) is 0. The summed E-state index contributed by atoms with van der Waals surface area (Å²) < 4.78 is 0. The fourth-order valence-electron chi connectivity index (χ4n) is 1.55. The summed E-state index contributed by atoms with van der Waals surface area (Å²) in [6.07, 6.45) is 0. The Labute approximate surface area is 104 Å². The van der Waals surface area contributed by atoms with Gasteiger partial charge in [0.1, 0.15) is 0 Å². The predicted octanol–water partition coefficient (Wildman–Crippen LogP) is 2.74. The molecule has 17 heavy (non-hydrogen) atoms. The van der Waals surface area contributed by atoms with E-state index in [-0.39, 0.29) is 17.2 Å². The SMILES string of the molecule is Nc1c(Cl)ccc(C(=O)c2ccccc2)c1N. The molecular formula is C13H11ClN2O. The van der Waals surface area contributed by atoms with E-state index in [4.69, 9.17) is 23.1 Å². The molecule has 0 saturated carbocycles. The van der Waals surface area contributed by atoms with Crippen molar-refractivity contribution in [2.75, 3.05) is 11.5 Å². The molecule has 0 radical (unpaired) electrons. The van der Waals surface area contributed by atoms with Gasteiger partial charge in [-0.05, 0) is 12.1 Å². The van der Waals surface area contributed by atoms with E-state index in [9.17, 15) is 4.79 Å². The van der Waals surface area contributed by atoms with Gasteiger partial charge in [0.15, 0.2) is 5.78 Å². The third kappa shape index (κ3) is 2.10. The molecule has 4 heteroatoms. The van der Waals surface area contributed by atoms with Crippen LogP contribution in [-0.4, -0.2) is 5.78 Å². The maximum atomic E-state index is 12.2. The van der Waals surface area contributed by atoms with Crippen LogP contribution in [0.5, 0.6) is 0 Å². The zero-order valence-electron chi connectivity index (χ0n) is 8.98. The lowest BCUT2D eigenvalue weighted by atomic mass is 10.0. The van der Waals surface area contributed by atoms with Crippen LogP contribution in [0.2, 0.25) is 5.02 Å². The summed E-state index contributed by atoms with van der Waals surface area (Å²) in [5, 5.41) is 0.354. The monoisotopic (exact) mass is 246 g/mol. The van der Waals surface area contributed by atoms with Gasteiger partial charge in [0.05, 0.1) is 16.4 Å².